The highest BCUT2D eigenvalue weighted by Crippen LogP contribution is 2.16. The first kappa shape index (κ1) is 67.8. The molecule has 0 N–H and O–H groups in total. The molecule has 0 aliphatic heterocycles. The van der Waals surface area contributed by atoms with Crippen molar-refractivity contribution in [2.75, 3.05) is 13.2 Å². The molecule has 0 saturated heterocycles. The molecule has 0 aromatic rings. The van der Waals surface area contributed by atoms with Gasteiger partial charge in [-0.05, 0) is 89.9 Å². The fourth-order valence-electron chi connectivity index (χ4n) is 8.64. The molecule has 410 valence electrons. The van der Waals surface area contributed by atoms with Crippen molar-refractivity contribution in [1.82, 2.24) is 0 Å². The van der Waals surface area contributed by atoms with Crippen molar-refractivity contribution >= 4 is 17.9 Å². The van der Waals surface area contributed by atoms with Crippen molar-refractivity contribution < 1.29 is 28.6 Å². The Bertz CT molecular complexity index is 1320. The standard InChI is InChI=1S/C65H114O6/c1-4-7-10-13-16-19-21-23-25-27-28-29-30-31-32-33-34-35-36-38-39-41-43-46-49-52-55-58-64(67)70-61-62(60-69-63(66)57-54-51-48-45-18-15-12-9-6-3)71-65(68)59-56-53-50-47-44-42-40-37-26-24-22-20-17-14-11-8-5-2/h8,11,17,20-21,23-24,26-28,30-31,62H,4-7,9-10,12-16,18-19,22,25,29,32-61H2,1-3H3/b11-8-,20-17-,23-21-,26-24-,28-27-,31-30-. The Hall–Kier alpha value is -3.15. The van der Waals surface area contributed by atoms with Crippen LogP contribution in [0.2, 0.25) is 0 Å². The van der Waals surface area contributed by atoms with Crippen LogP contribution in [0.25, 0.3) is 0 Å². The molecule has 0 aliphatic carbocycles. The minimum Gasteiger partial charge on any atom is -0.462 e. The molecule has 0 heterocycles. The van der Waals surface area contributed by atoms with Gasteiger partial charge < -0.3 is 14.2 Å². The predicted molar refractivity (Wildman–Crippen MR) is 307 cm³/mol. The van der Waals surface area contributed by atoms with E-state index in [0.29, 0.717) is 19.3 Å². The van der Waals surface area contributed by atoms with E-state index in [9.17, 15) is 14.4 Å². The van der Waals surface area contributed by atoms with Crippen molar-refractivity contribution in [3.05, 3.63) is 72.9 Å². The van der Waals surface area contributed by atoms with Crippen molar-refractivity contribution in [1.29, 1.82) is 0 Å². The average Bonchev–Trinajstić information content (AvgIpc) is 3.37. The first-order valence-corrected chi connectivity index (χ1v) is 30.4. The number of rotatable bonds is 55. The summed E-state index contributed by atoms with van der Waals surface area (Å²) in [5.74, 6) is -0.882. The van der Waals surface area contributed by atoms with Crippen LogP contribution in [0.5, 0.6) is 0 Å². The Kier molecular flexibility index (Phi) is 56.8. The number of unbranched alkanes of at least 4 members (excludes halogenated alkanes) is 32. The number of allylic oxidation sites excluding steroid dienone is 12. The van der Waals surface area contributed by atoms with Gasteiger partial charge in [-0.15, -0.1) is 0 Å². The highest BCUT2D eigenvalue weighted by atomic mass is 16.6. The molecular weight excluding hydrogens is 877 g/mol. The summed E-state index contributed by atoms with van der Waals surface area (Å²) >= 11 is 0. The van der Waals surface area contributed by atoms with E-state index < -0.39 is 6.10 Å². The molecule has 0 aliphatic rings. The van der Waals surface area contributed by atoms with Gasteiger partial charge in [0.1, 0.15) is 13.2 Å². The number of hydrogen-bond acceptors (Lipinski definition) is 6. The smallest absolute Gasteiger partial charge is 0.306 e. The van der Waals surface area contributed by atoms with Crippen molar-refractivity contribution in [2.45, 2.75) is 309 Å². The zero-order valence-corrected chi connectivity index (χ0v) is 47.0. The number of carbonyl (C=O) groups is 3. The van der Waals surface area contributed by atoms with Crippen molar-refractivity contribution in [3.63, 3.8) is 0 Å². The topological polar surface area (TPSA) is 78.9 Å². The number of hydrogen-bond donors (Lipinski definition) is 0. The third-order valence-corrected chi connectivity index (χ3v) is 13.2. The summed E-state index contributed by atoms with van der Waals surface area (Å²) in [5, 5.41) is 0. The summed E-state index contributed by atoms with van der Waals surface area (Å²) in [7, 11) is 0. The molecular formula is C65H114O6. The van der Waals surface area contributed by atoms with Crippen LogP contribution in [0.3, 0.4) is 0 Å². The van der Waals surface area contributed by atoms with Crippen LogP contribution >= 0.6 is 0 Å². The van der Waals surface area contributed by atoms with Gasteiger partial charge >= 0.3 is 17.9 Å². The van der Waals surface area contributed by atoms with Crippen LogP contribution in [0.15, 0.2) is 72.9 Å². The summed E-state index contributed by atoms with van der Waals surface area (Å²) in [6.07, 6.45) is 76.3. The molecule has 0 aromatic heterocycles. The lowest BCUT2D eigenvalue weighted by molar-refractivity contribution is -0.167. The van der Waals surface area contributed by atoms with Gasteiger partial charge in [0.2, 0.25) is 0 Å². The minimum atomic E-state index is -0.779. The maximum atomic E-state index is 12.8. The number of carbonyl (C=O) groups excluding carboxylic acids is 3. The quantitative estimate of drug-likeness (QED) is 0.0261. The maximum absolute atomic E-state index is 12.8. The van der Waals surface area contributed by atoms with Crippen LogP contribution in [0.4, 0.5) is 0 Å². The molecule has 0 amide bonds. The third-order valence-electron chi connectivity index (χ3n) is 13.2. The van der Waals surface area contributed by atoms with Crippen LogP contribution in [0.1, 0.15) is 303 Å². The second-order valence-corrected chi connectivity index (χ2v) is 20.2. The van der Waals surface area contributed by atoms with E-state index in [1.165, 1.54) is 167 Å². The molecule has 0 fully saturated rings. The normalized spacial score (nSPS) is 12.5. The van der Waals surface area contributed by atoms with E-state index in [4.69, 9.17) is 14.2 Å². The highest BCUT2D eigenvalue weighted by Gasteiger charge is 2.19. The molecule has 0 radical (unpaired) electrons. The lowest BCUT2D eigenvalue weighted by Gasteiger charge is -2.18. The van der Waals surface area contributed by atoms with Crippen LogP contribution in [-0.2, 0) is 28.6 Å². The van der Waals surface area contributed by atoms with Gasteiger partial charge in [0.25, 0.3) is 0 Å². The minimum absolute atomic E-state index is 0.0777. The third kappa shape index (κ3) is 57.6. The van der Waals surface area contributed by atoms with Gasteiger partial charge in [0.05, 0.1) is 0 Å². The van der Waals surface area contributed by atoms with Crippen molar-refractivity contribution in [3.8, 4) is 0 Å². The lowest BCUT2D eigenvalue weighted by atomic mass is 10.0. The summed E-state index contributed by atoms with van der Waals surface area (Å²) in [6, 6.07) is 0. The molecule has 0 rings (SSSR count). The molecule has 1 atom stereocenters. The van der Waals surface area contributed by atoms with Gasteiger partial charge in [-0.3, -0.25) is 14.4 Å². The van der Waals surface area contributed by atoms with Gasteiger partial charge in [-0.2, -0.15) is 0 Å². The fourth-order valence-corrected chi connectivity index (χ4v) is 8.64. The Labute approximate surface area is 440 Å². The molecule has 0 aromatic carbocycles. The van der Waals surface area contributed by atoms with Crippen LogP contribution < -0.4 is 0 Å². The summed E-state index contributed by atoms with van der Waals surface area (Å²) < 4.78 is 16.8. The molecule has 6 nitrogen and oxygen atoms in total. The maximum Gasteiger partial charge on any atom is 0.306 e. The van der Waals surface area contributed by atoms with E-state index in [1.54, 1.807) is 0 Å². The van der Waals surface area contributed by atoms with E-state index >= 15 is 0 Å². The molecule has 71 heavy (non-hydrogen) atoms. The van der Waals surface area contributed by atoms with Gasteiger partial charge in [-0.25, -0.2) is 0 Å². The Balaban J connectivity index is 4.19. The second kappa shape index (κ2) is 59.4. The van der Waals surface area contributed by atoms with E-state index in [2.05, 4.69) is 93.7 Å². The second-order valence-electron chi connectivity index (χ2n) is 20.2. The van der Waals surface area contributed by atoms with E-state index in [-0.39, 0.29) is 31.1 Å². The van der Waals surface area contributed by atoms with Crippen LogP contribution in [0, 0.1) is 0 Å². The van der Waals surface area contributed by atoms with Gasteiger partial charge in [0.15, 0.2) is 6.10 Å². The molecule has 0 saturated carbocycles. The molecule has 0 bridgehead atoms. The van der Waals surface area contributed by atoms with Gasteiger partial charge in [-0.1, -0.05) is 267 Å². The summed E-state index contributed by atoms with van der Waals surface area (Å²) in [5.41, 5.74) is 0. The van der Waals surface area contributed by atoms with Crippen molar-refractivity contribution in [2.24, 2.45) is 0 Å². The fraction of sp³-hybridized carbons (Fsp3) is 0.769. The van der Waals surface area contributed by atoms with Crippen LogP contribution in [-0.4, -0.2) is 37.2 Å². The molecule has 1 unspecified atom stereocenters. The average molecular weight is 992 g/mol. The number of ether oxygens (including phenoxy) is 3. The Morgan fingerprint density at radius 2 is 0.549 bits per heavy atom. The Morgan fingerprint density at radius 1 is 0.296 bits per heavy atom. The zero-order valence-electron chi connectivity index (χ0n) is 47.0. The SMILES string of the molecule is CC/C=C\C/C=C\C/C=C\CCCCCCCCCC(=O)OC(COC(=O)CCCCCCCCCCC)COC(=O)CCCCCCCCCCCCCC/C=C\C/C=C\C/C=C\CCCCCCC. The monoisotopic (exact) mass is 991 g/mol. The highest BCUT2D eigenvalue weighted by molar-refractivity contribution is 5.71. The Morgan fingerprint density at radius 3 is 0.859 bits per heavy atom. The van der Waals surface area contributed by atoms with Gasteiger partial charge in [0, 0.05) is 19.3 Å². The summed E-state index contributed by atoms with van der Waals surface area (Å²) in [6.45, 7) is 6.51. The van der Waals surface area contributed by atoms with E-state index in [0.717, 1.165) is 96.3 Å². The first-order valence-electron chi connectivity index (χ1n) is 30.4. The molecule has 0 spiro atoms. The first-order chi connectivity index (χ1) is 35.0. The zero-order chi connectivity index (χ0) is 51.4. The lowest BCUT2D eigenvalue weighted by Crippen LogP contribution is -2.30. The van der Waals surface area contributed by atoms with E-state index in [1.807, 2.05) is 0 Å². The summed E-state index contributed by atoms with van der Waals surface area (Å²) in [4.78, 5) is 38.1. The largest absolute Gasteiger partial charge is 0.462 e. The molecule has 6 heteroatoms. The number of esters is 3. The predicted octanol–water partition coefficient (Wildman–Crippen LogP) is 20.5.